The van der Waals surface area contributed by atoms with Gasteiger partial charge in [-0.05, 0) is 32.0 Å². The Morgan fingerprint density at radius 3 is 2.44 bits per heavy atom. The van der Waals surface area contributed by atoms with Crippen LogP contribution >= 0.6 is 0 Å². The fourth-order valence-corrected chi connectivity index (χ4v) is 2.96. The van der Waals surface area contributed by atoms with Crippen molar-refractivity contribution in [1.29, 1.82) is 0 Å². The number of anilines is 2. The average molecular weight is 443 g/mol. The molecule has 0 aliphatic rings. The number of hydrogen-bond acceptors (Lipinski definition) is 7. The van der Waals surface area contributed by atoms with E-state index in [1.807, 2.05) is 0 Å². The number of aromatic nitrogens is 3. The SMILES string of the molecule is CC(=O)N(Cc1ccccc1OC(F)F)c1nc(-c2cnc(C(C)(C)O)nc2)ccc1N. The highest BCUT2D eigenvalue weighted by atomic mass is 19.3. The van der Waals surface area contributed by atoms with Gasteiger partial charge < -0.3 is 15.6 Å². The Labute approximate surface area is 183 Å². The minimum atomic E-state index is -3.00. The van der Waals surface area contributed by atoms with Crippen LogP contribution in [-0.4, -0.2) is 32.6 Å². The van der Waals surface area contributed by atoms with E-state index in [-0.39, 0.29) is 35.5 Å². The molecule has 0 radical (unpaired) electrons. The zero-order chi connectivity index (χ0) is 23.5. The van der Waals surface area contributed by atoms with Crippen LogP contribution in [0, 0.1) is 0 Å². The number of nitrogens with two attached hydrogens (primary N) is 1. The predicted molar refractivity (Wildman–Crippen MR) is 115 cm³/mol. The predicted octanol–water partition coefficient (Wildman–Crippen LogP) is 3.50. The van der Waals surface area contributed by atoms with Crippen LogP contribution in [0.3, 0.4) is 0 Å². The number of rotatable bonds is 7. The van der Waals surface area contributed by atoms with E-state index in [2.05, 4.69) is 19.7 Å². The number of carbonyl (C=O) groups is 1. The van der Waals surface area contributed by atoms with Gasteiger partial charge in [0.25, 0.3) is 0 Å². The molecule has 0 aliphatic heterocycles. The Hall–Kier alpha value is -3.66. The van der Waals surface area contributed by atoms with Crippen LogP contribution in [0.25, 0.3) is 11.3 Å². The molecule has 1 amide bonds. The van der Waals surface area contributed by atoms with Crippen molar-refractivity contribution in [3.05, 3.63) is 60.2 Å². The number of amides is 1. The second kappa shape index (κ2) is 9.23. The molecule has 0 atom stereocenters. The van der Waals surface area contributed by atoms with E-state index in [1.54, 1.807) is 44.2 Å². The topological polar surface area (TPSA) is 114 Å². The van der Waals surface area contributed by atoms with E-state index >= 15 is 0 Å². The molecule has 0 saturated heterocycles. The number of nitrogen functional groups attached to an aromatic ring is 1. The van der Waals surface area contributed by atoms with Crippen molar-refractivity contribution in [3.8, 4) is 17.0 Å². The highest BCUT2D eigenvalue weighted by Crippen LogP contribution is 2.30. The molecule has 0 unspecified atom stereocenters. The van der Waals surface area contributed by atoms with Crippen molar-refractivity contribution >= 4 is 17.4 Å². The van der Waals surface area contributed by atoms with Gasteiger partial charge in [-0.15, -0.1) is 0 Å². The van der Waals surface area contributed by atoms with Crippen LogP contribution < -0.4 is 15.4 Å². The number of carbonyl (C=O) groups excluding carboxylic acids is 1. The van der Waals surface area contributed by atoms with Crippen LogP contribution in [-0.2, 0) is 16.9 Å². The zero-order valence-corrected chi connectivity index (χ0v) is 17.8. The second-order valence-corrected chi connectivity index (χ2v) is 7.56. The van der Waals surface area contributed by atoms with Gasteiger partial charge in [-0.2, -0.15) is 8.78 Å². The average Bonchev–Trinajstić information content (AvgIpc) is 2.72. The summed E-state index contributed by atoms with van der Waals surface area (Å²) < 4.78 is 30.1. The summed E-state index contributed by atoms with van der Waals surface area (Å²) in [6.07, 6.45) is 3.01. The van der Waals surface area contributed by atoms with E-state index in [4.69, 9.17) is 5.73 Å². The molecule has 168 valence electrons. The molecule has 2 aromatic heterocycles. The molecule has 3 rings (SSSR count). The lowest BCUT2D eigenvalue weighted by atomic mass is 10.1. The summed E-state index contributed by atoms with van der Waals surface area (Å²) in [4.78, 5) is 26.5. The summed E-state index contributed by atoms with van der Waals surface area (Å²) >= 11 is 0. The van der Waals surface area contributed by atoms with Crippen molar-refractivity contribution < 1.29 is 23.4 Å². The Morgan fingerprint density at radius 1 is 1.19 bits per heavy atom. The Morgan fingerprint density at radius 2 is 1.84 bits per heavy atom. The first-order valence-electron chi connectivity index (χ1n) is 9.69. The van der Waals surface area contributed by atoms with Crippen molar-refractivity contribution in [3.63, 3.8) is 0 Å². The number of pyridine rings is 1. The van der Waals surface area contributed by atoms with Gasteiger partial charge in [-0.25, -0.2) is 15.0 Å². The summed E-state index contributed by atoms with van der Waals surface area (Å²) in [5, 5.41) is 10.0. The van der Waals surface area contributed by atoms with Gasteiger partial charge in [0, 0.05) is 30.4 Å². The minimum absolute atomic E-state index is 0.0425. The van der Waals surface area contributed by atoms with E-state index in [0.717, 1.165) is 0 Å². The first kappa shape index (κ1) is 23.0. The molecule has 0 bridgehead atoms. The number of hydrogen-bond donors (Lipinski definition) is 2. The normalized spacial score (nSPS) is 11.5. The largest absolute Gasteiger partial charge is 0.434 e. The lowest BCUT2D eigenvalue weighted by molar-refractivity contribution is -0.116. The van der Waals surface area contributed by atoms with Gasteiger partial charge in [-0.1, -0.05) is 18.2 Å². The first-order valence-corrected chi connectivity index (χ1v) is 9.69. The second-order valence-electron chi connectivity index (χ2n) is 7.56. The van der Waals surface area contributed by atoms with E-state index in [0.29, 0.717) is 16.8 Å². The summed E-state index contributed by atoms with van der Waals surface area (Å²) in [5.74, 6) is -0.0211. The lowest BCUT2D eigenvalue weighted by Gasteiger charge is -2.23. The Balaban J connectivity index is 1.97. The number of para-hydroxylation sites is 1. The molecular weight excluding hydrogens is 420 g/mol. The van der Waals surface area contributed by atoms with Crippen molar-refractivity contribution in [2.45, 2.75) is 39.5 Å². The van der Waals surface area contributed by atoms with Gasteiger partial charge in [0.15, 0.2) is 11.6 Å². The molecule has 1 aromatic carbocycles. The fourth-order valence-electron chi connectivity index (χ4n) is 2.96. The maximum atomic E-state index is 12.8. The Bertz CT molecular complexity index is 1100. The molecule has 2 heterocycles. The summed E-state index contributed by atoms with van der Waals surface area (Å²) in [5.41, 5.74) is 6.48. The maximum Gasteiger partial charge on any atom is 0.387 e. The van der Waals surface area contributed by atoms with Crippen LogP contribution in [0.2, 0.25) is 0 Å². The molecule has 3 aromatic rings. The number of halogens is 2. The molecular formula is C22H23F2N5O3. The van der Waals surface area contributed by atoms with Crippen LogP contribution in [0.4, 0.5) is 20.3 Å². The first-order chi connectivity index (χ1) is 15.1. The molecule has 0 aliphatic carbocycles. The Kier molecular flexibility index (Phi) is 6.64. The maximum absolute atomic E-state index is 12.8. The number of nitrogens with zero attached hydrogens (tertiary/aromatic N) is 4. The van der Waals surface area contributed by atoms with E-state index < -0.39 is 12.2 Å². The quantitative estimate of drug-likeness (QED) is 0.574. The van der Waals surface area contributed by atoms with Gasteiger partial charge in [0.2, 0.25) is 5.91 Å². The third-order valence-electron chi connectivity index (χ3n) is 4.55. The van der Waals surface area contributed by atoms with E-state index in [1.165, 1.54) is 30.3 Å². The van der Waals surface area contributed by atoms with Crippen molar-refractivity contribution in [2.75, 3.05) is 10.6 Å². The number of alkyl halides is 2. The third-order valence-corrected chi connectivity index (χ3v) is 4.55. The summed E-state index contributed by atoms with van der Waals surface area (Å²) in [6.45, 7) is 1.39. The van der Waals surface area contributed by atoms with Crippen LogP contribution in [0.15, 0.2) is 48.8 Å². The molecule has 10 heteroatoms. The fraction of sp³-hybridized carbons (Fsp3) is 0.273. The van der Waals surface area contributed by atoms with E-state index in [9.17, 15) is 18.7 Å². The van der Waals surface area contributed by atoms with Crippen molar-refractivity contribution in [1.82, 2.24) is 15.0 Å². The lowest BCUT2D eigenvalue weighted by Crippen LogP contribution is -2.30. The highest BCUT2D eigenvalue weighted by molar-refractivity contribution is 5.93. The summed E-state index contributed by atoms with van der Waals surface area (Å²) in [7, 11) is 0. The number of benzene rings is 1. The van der Waals surface area contributed by atoms with Crippen LogP contribution in [0.5, 0.6) is 5.75 Å². The molecule has 8 nitrogen and oxygen atoms in total. The van der Waals surface area contributed by atoms with Crippen molar-refractivity contribution in [2.24, 2.45) is 0 Å². The smallest absolute Gasteiger partial charge is 0.387 e. The van der Waals surface area contributed by atoms with Crippen LogP contribution in [0.1, 0.15) is 32.2 Å². The third kappa shape index (κ3) is 5.33. The van der Waals surface area contributed by atoms with Gasteiger partial charge >= 0.3 is 6.61 Å². The standard InChI is InChI=1S/C22H23F2N5O3/c1-13(30)29(12-14-6-4-5-7-18(14)32-21(23)24)19-16(25)8-9-17(28-19)15-10-26-20(27-11-15)22(2,3)31/h4-11,21,31H,12,25H2,1-3H3. The van der Waals surface area contributed by atoms with Gasteiger partial charge in [-0.3, -0.25) is 9.69 Å². The molecule has 3 N–H and O–H groups in total. The summed E-state index contributed by atoms with van der Waals surface area (Å²) in [6, 6.07) is 9.42. The monoisotopic (exact) mass is 443 g/mol. The molecule has 0 saturated carbocycles. The van der Waals surface area contributed by atoms with Gasteiger partial charge in [0.1, 0.15) is 11.4 Å². The minimum Gasteiger partial charge on any atom is -0.434 e. The molecule has 0 fully saturated rings. The number of aliphatic hydroxyl groups is 1. The molecule has 32 heavy (non-hydrogen) atoms. The van der Waals surface area contributed by atoms with Gasteiger partial charge in [0.05, 0.1) is 17.9 Å². The zero-order valence-electron chi connectivity index (χ0n) is 17.8. The number of ether oxygens (including phenoxy) is 1. The highest BCUT2D eigenvalue weighted by Gasteiger charge is 2.22. The molecule has 0 spiro atoms.